The summed E-state index contributed by atoms with van der Waals surface area (Å²) in [7, 11) is 0. The molecule has 2 aromatic rings. The van der Waals surface area contributed by atoms with Crippen molar-refractivity contribution in [3.63, 3.8) is 0 Å². The predicted octanol–water partition coefficient (Wildman–Crippen LogP) is 0.957. The molecule has 76 valence electrons. The molecule has 1 amide bonds. The van der Waals surface area contributed by atoms with Gasteiger partial charge in [-0.1, -0.05) is 12.1 Å². The van der Waals surface area contributed by atoms with E-state index in [0.717, 1.165) is 0 Å². The number of amides is 1. The Kier molecular flexibility index (Phi) is 2.28. The first-order valence-electron chi connectivity index (χ1n) is 4.10. The molecule has 0 spiro atoms. The van der Waals surface area contributed by atoms with Crippen molar-refractivity contribution in [2.45, 2.75) is 0 Å². The topological polar surface area (TPSA) is 104 Å². The van der Waals surface area contributed by atoms with E-state index in [-0.39, 0.29) is 0 Å². The van der Waals surface area contributed by atoms with Gasteiger partial charge in [-0.25, -0.2) is 4.79 Å². The number of rotatable bonds is 2. The number of aromatic nitrogens is 4. The zero-order chi connectivity index (χ0) is 10.7. The van der Waals surface area contributed by atoms with Crippen molar-refractivity contribution in [2.24, 2.45) is 0 Å². The van der Waals surface area contributed by atoms with Crippen LogP contribution in [0.25, 0.3) is 11.4 Å². The second-order valence-electron chi connectivity index (χ2n) is 2.71. The van der Waals surface area contributed by atoms with Gasteiger partial charge in [-0.2, -0.15) is 5.21 Å². The van der Waals surface area contributed by atoms with Crippen LogP contribution in [0, 0.1) is 0 Å². The lowest BCUT2D eigenvalue weighted by molar-refractivity contribution is 0.210. The maximum atomic E-state index is 10.5. The number of aromatic amines is 1. The Labute approximate surface area is 84.1 Å². The van der Waals surface area contributed by atoms with Crippen LogP contribution in [0.2, 0.25) is 0 Å². The quantitative estimate of drug-likeness (QED) is 0.677. The summed E-state index contributed by atoms with van der Waals surface area (Å²) in [6.45, 7) is 0. The molecule has 0 radical (unpaired) electrons. The zero-order valence-corrected chi connectivity index (χ0v) is 7.51. The Morgan fingerprint density at radius 2 is 2.20 bits per heavy atom. The second-order valence-corrected chi connectivity index (χ2v) is 2.71. The summed E-state index contributed by atoms with van der Waals surface area (Å²) in [6.07, 6.45) is -1.13. The van der Waals surface area contributed by atoms with Gasteiger partial charge in [-0.05, 0) is 17.3 Å². The van der Waals surface area contributed by atoms with Crippen LogP contribution in [-0.2, 0) is 0 Å². The van der Waals surface area contributed by atoms with Gasteiger partial charge >= 0.3 is 6.09 Å². The van der Waals surface area contributed by atoms with E-state index in [9.17, 15) is 4.79 Å². The van der Waals surface area contributed by atoms with E-state index in [2.05, 4.69) is 25.9 Å². The van der Waals surface area contributed by atoms with Crippen LogP contribution >= 0.6 is 0 Å². The molecule has 0 fully saturated rings. The third-order valence-electron chi connectivity index (χ3n) is 1.75. The molecule has 0 bridgehead atoms. The number of hydrogen-bond acceptors (Lipinski definition) is 4. The van der Waals surface area contributed by atoms with Gasteiger partial charge in [0.15, 0.2) is 0 Å². The molecule has 0 atom stereocenters. The molecule has 0 aliphatic heterocycles. The molecule has 1 aromatic heterocycles. The smallest absolute Gasteiger partial charge is 0.409 e. The highest BCUT2D eigenvalue weighted by Gasteiger charge is 2.09. The van der Waals surface area contributed by atoms with E-state index < -0.39 is 6.09 Å². The molecule has 0 unspecified atom stereocenters. The first-order valence-corrected chi connectivity index (χ1v) is 4.10. The summed E-state index contributed by atoms with van der Waals surface area (Å²) in [5, 5.41) is 24.1. The fourth-order valence-corrected chi connectivity index (χ4v) is 1.18. The van der Waals surface area contributed by atoms with Crippen molar-refractivity contribution in [1.29, 1.82) is 0 Å². The third-order valence-corrected chi connectivity index (χ3v) is 1.75. The van der Waals surface area contributed by atoms with Crippen molar-refractivity contribution in [2.75, 3.05) is 5.32 Å². The Bertz CT molecular complexity index is 468. The van der Waals surface area contributed by atoms with Gasteiger partial charge in [0.2, 0.25) is 5.82 Å². The maximum absolute atomic E-state index is 10.5. The van der Waals surface area contributed by atoms with E-state index in [1.165, 1.54) is 0 Å². The fraction of sp³-hybridized carbons (Fsp3) is 0. The highest BCUT2D eigenvalue weighted by atomic mass is 16.4. The van der Waals surface area contributed by atoms with Crippen LogP contribution in [0.5, 0.6) is 0 Å². The first-order chi connectivity index (χ1) is 7.27. The lowest BCUT2D eigenvalue weighted by atomic mass is 10.1. The Morgan fingerprint density at radius 1 is 1.40 bits per heavy atom. The lowest BCUT2D eigenvalue weighted by Crippen LogP contribution is -2.08. The zero-order valence-electron chi connectivity index (χ0n) is 7.51. The molecule has 0 saturated heterocycles. The summed E-state index contributed by atoms with van der Waals surface area (Å²) >= 11 is 0. The molecule has 0 saturated carbocycles. The highest BCUT2D eigenvalue weighted by Crippen LogP contribution is 2.23. The molecule has 3 N–H and O–H groups in total. The number of benzene rings is 1. The minimum Gasteiger partial charge on any atom is -0.465 e. The number of para-hydroxylation sites is 1. The van der Waals surface area contributed by atoms with Crippen molar-refractivity contribution in [1.82, 2.24) is 20.6 Å². The average molecular weight is 205 g/mol. The number of hydrogen-bond donors (Lipinski definition) is 3. The first kappa shape index (κ1) is 9.13. The Balaban J connectivity index is 2.42. The van der Waals surface area contributed by atoms with E-state index in [1.807, 2.05) is 0 Å². The number of nitrogens with zero attached hydrogens (tertiary/aromatic N) is 3. The normalized spacial score (nSPS) is 9.87. The summed E-state index contributed by atoms with van der Waals surface area (Å²) < 4.78 is 0. The van der Waals surface area contributed by atoms with Gasteiger partial charge in [0.25, 0.3) is 0 Å². The number of anilines is 1. The number of nitrogens with one attached hydrogen (secondary N) is 2. The molecule has 2 rings (SSSR count). The number of carboxylic acid groups (broad SMARTS) is 1. The molecular formula is C8H7N5O2. The van der Waals surface area contributed by atoms with Gasteiger partial charge in [-0.15, -0.1) is 10.2 Å². The summed E-state index contributed by atoms with van der Waals surface area (Å²) in [5.41, 5.74) is 1.00. The summed E-state index contributed by atoms with van der Waals surface area (Å²) in [5.74, 6) is 0.347. The molecule has 0 aliphatic rings. The van der Waals surface area contributed by atoms with Crippen LogP contribution in [0.1, 0.15) is 0 Å². The van der Waals surface area contributed by atoms with E-state index >= 15 is 0 Å². The van der Waals surface area contributed by atoms with Gasteiger partial charge in [0.05, 0.1) is 5.69 Å². The molecule has 1 heterocycles. The van der Waals surface area contributed by atoms with Crippen LogP contribution in [0.4, 0.5) is 10.5 Å². The lowest BCUT2D eigenvalue weighted by Gasteiger charge is -2.04. The minimum absolute atomic E-state index is 0.347. The molecular weight excluding hydrogens is 198 g/mol. The molecule has 7 nitrogen and oxygen atoms in total. The average Bonchev–Trinajstić information content (AvgIpc) is 2.70. The number of H-pyrrole nitrogens is 1. The number of carbonyl (C=O) groups is 1. The van der Waals surface area contributed by atoms with Crippen molar-refractivity contribution in [3.05, 3.63) is 24.3 Å². The second kappa shape index (κ2) is 3.74. The Hall–Kier alpha value is -2.44. The van der Waals surface area contributed by atoms with Crippen molar-refractivity contribution < 1.29 is 9.90 Å². The van der Waals surface area contributed by atoms with E-state index in [4.69, 9.17) is 5.11 Å². The standard InChI is InChI=1S/C8H7N5O2/c14-8(15)9-6-4-2-1-3-5(6)7-10-12-13-11-7/h1-4,9H,(H,14,15)(H,10,11,12,13). The SMILES string of the molecule is O=C(O)Nc1ccccc1-c1nn[nH]n1. The minimum atomic E-state index is -1.13. The summed E-state index contributed by atoms with van der Waals surface area (Å²) in [6, 6.07) is 6.81. The Morgan fingerprint density at radius 3 is 2.87 bits per heavy atom. The van der Waals surface area contributed by atoms with Crippen molar-refractivity contribution >= 4 is 11.8 Å². The maximum Gasteiger partial charge on any atom is 0.409 e. The monoisotopic (exact) mass is 205 g/mol. The van der Waals surface area contributed by atoms with Crippen LogP contribution in [-0.4, -0.2) is 31.8 Å². The molecule has 0 aliphatic carbocycles. The number of tetrazole rings is 1. The van der Waals surface area contributed by atoms with Crippen LogP contribution in [0.3, 0.4) is 0 Å². The largest absolute Gasteiger partial charge is 0.465 e. The van der Waals surface area contributed by atoms with Gasteiger partial charge < -0.3 is 5.11 Å². The van der Waals surface area contributed by atoms with Gasteiger partial charge in [0, 0.05) is 5.56 Å². The van der Waals surface area contributed by atoms with Crippen molar-refractivity contribution in [3.8, 4) is 11.4 Å². The third kappa shape index (κ3) is 1.90. The van der Waals surface area contributed by atoms with Crippen LogP contribution < -0.4 is 5.32 Å². The van der Waals surface area contributed by atoms with Gasteiger partial charge in [-0.3, -0.25) is 5.32 Å². The predicted molar refractivity (Wildman–Crippen MR) is 51.3 cm³/mol. The molecule has 15 heavy (non-hydrogen) atoms. The van der Waals surface area contributed by atoms with E-state index in [0.29, 0.717) is 17.1 Å². The fourth-order valence-electron chi connectivity index (χ4n) is 1.18. The molecule has 7 heteroatoms. The summed E-state index contributed by atoms with van der Waals surface area (Å²) in [4.78, 5) is 10.5. The van der Waals surface area contributed by atoms with Crippen LogP contribution in [0.15, 0.2) is 24.3 Å². The van der Waals surface area contributed by atoms with E-state index in [1.54, 1.807) is 24.3 Å². The molecule has 1 aromatic carbocycles. The highest BCUT2D eigenvalue weighted by molar-refractivity contribution is 5.88. The van der Waals surface area contributed by atoms with Gasteiger partial charge in [0.1, 0.15) is 0 Å².